The second kappa shape index (κ2) is 4.66. The molecule has 0 aliphatic heterocycles. The predicted octanol–water partition coefficient (Wildman–Crippen LogP) is 2.57. The highest BCUT2D eigenvalue weighted by Gasteiger charge is 2.14. The minimum absolute atomic E-state index is 0.0296. The van der Waals surface area contributed by atoms with Crippen LogP contribution in [0.25, 0.3) is 10.9 Å². The molecule has 0 spiro atoms. The first kappa shape index (κ1) is 12.4. The van der Waals surface area contributed by atoms with Crippen molar-refractivity contribution in [1.29, 1.82) is 0 Å². The zero-order valence-electron chi connectivity index (χ0n) is 8.71. The lowest BCUT2D eigenvalue weighted by Crippen LogP contribution is -2.17. The van der Waals surface area contributed by atoms with Crippen molar-refractivity contribution in [1.82, 2.24) is 4.98 Å². The maximum absolute atomic E-state index is 12.1. The lowest BCUT2D eigenvalue weighted by Gasteiger charge is -2.04. The number of fused-ring (bicyclic) bond motifs is 1. The van der Waals surface area contributed by atoms with Gasteiger partial charge in [-0.1, -0.05) is 11.6 Å². The van der Waals surface area contributed by atoms with Gasteiger partial charge in [0.15, 0.2) is 0 Å². The number of nitrogens with one attached hydrogen (secondary N) is 1. The van der Waals surface area contributed by atoms with Crippen LogP contribution < -0.4 is 5.43 Å². The lowest BCUT2D eigenvalue weighted by molar-refractivity contribution is 0.0599. The number of benzene rings is 1. The van der Waals surface area contributed by atoms with Gasteiger partial charge in [0.1, 0.15) is 5.56 Å². The molecule has 17 heavy (non-hydrogen) atoms. The Morgan fingerprint density at radius 3 is 2.82 bits per heavy atom. The van der Waals surface area contributed by atoms with Gasteiger partial charge in [0.2, 0.25) is 5.43 Å². The van der Waals surface area contributed by atoms with Crippen molar-refractivity contribution in [2.45, 2.75) is 0 Å². The number of carbonyl (C=O) groups is 1. The molecule has 1 aromatic heterocycles. The molecule has 0 radical (unpaired) electrons. The van der Waals surface area contributed by atoms with Crippen LogP contribution in [-0.4, -0.2) is 18.1 Å². The first-order valence-corrected chi connectivity index (χ1v) is 6.09. The standard InChI is InChI=1S/C11H7ClINO3/c1-17-11(16)7-4-14-9-6(10(7)15)2-5(13)3-8(9)12/h2-4H,1H3,(H,14,15). The van der Waals surface area contributed by atoms with Crippen molar-refractivity contribution in [3.8, 4) is 0 Å². The molecular weight excluding hydrogens is 356 g/mol. The Hall–Kier alpha value is -1.08. The minimum Gasteiger partial charge on any atom is -0.465 e. The van der Waals surface area contributed by atoms with Crippen molar-refractivity contribution in [2.75, 3.05) is 7.11 Å². The van der Waals surface area contributed by atoms with E-state index >= 15 is 0 Å². The van der Waals surface area contributed by atoms with Crippen LogP contribution in [-0.2, 0) is 4.74 Å². The number of esters is 1. The van der Waals surface area contributed by atoms with Crippen LogP contribution in [0.1, 0.15) is 10.4 Å². The van der Waals surface area contributed by atoms with Crippen LogP contribution >= 0.6 is 34.2 Å². The third-order valence-electron chi connectivity index (χ3n) is 2.31. The topological polar surface area (TPSA) is 59.2 Å². The van der Waals surface area contributed by atoms with E-state index in [0.29, 0.717) is 15.9 Å². The molecule has 0 unspecified atom stereocenters. The summed E-state index contributed by atoms with van der Waals surface area (Å²) in [6.07, 6.45) is 1.31. The molecule has 2 aromatic rings. The van der Waals surface area contributed by atoms with E-state index in [0.717, 1.165) is 3.57 Å². The number of hydrogen-bond acceptors (Lipinski definition) is 3. The maximum Gasteiger partial charge on any atom is 0.343 e. The smallest absolute Gasteiger partial charge is 0.343 e. The van der Waals surface area contributed by atoms with Gasteiger partial charge in [-0.25, -0.2) is 4.79 Å². The fraction of sp³-hybridized carbons (Fsp3) is 0.0909. The molecular formula is C11H7ClINO3. The Labute approximate surface area is 115 Å². The van der Waals surface area contributed by atoms with Crippen molar-refractivity contribution < 1.29 is 9.53 Å². The second-order valence-corrected chi connectivity index (χ2v) is 4.99. The minimum atomic E-state index is -0.664. The van der Waals surface area contributed by atoms with Gasteiger partial charge in [-0.2, -0.15) is 0 Å². The van der Waals surface area contributed by atoms with Gasteiger partial charge in [-0.15, -0.1) is 0 Å². The Bertz CT molecular complexity index is 666. The van der Waals surface area contributed by atoms with Gasteiger partial charge >= 0.3 is 5.97 Å². The average molecular weight is 364 g/mol. The van der Waals surface area contributed by atoms with E-state index in [9.17, 15) is 9.59 Å². The number of aromatic nitrogens is 1. The summed E-state index contributed by atoms with van der Waals surface area (Å²) in [7, 11) is 1.23. The highest BCUT2D eigenvalue weighted by Crippen LogP contribution is 2.22. The fourth-order valence-electron chi connectivity index (χ4n) is 1.52. The van der Waals surface area contributed by atoms with E-state index in [1.54, 1.807) is 12.1 Å². The number of halogens is 2. The van der Waals surface area contributed by atoms with Crippen LogP contribution in [0.2, 0.25) is 5.02 Å². The molecule has 6 heteroatoms. The normalized spacial score (nSPS) is 10.5. The van der Waals surface area contributed by atoms with Crippen molar-refractivity contribution in [2.24, 2.45) is 0 Å². The number of carbonyl (C=O) groups excluding carboxylic acids is 1. The van der Waals surface area contributed by atoms with E-state index < -0.39 is 5.97 Å². The molecule has 0 fully saturated rings. The first-order valence-electron chi connectivity index (χ1n) is 4.63. The molecule has 0 amide bonds. The number of H-pyrrole nitrogens is 1. The van der Waals surface area contributed by atoms with Gasteiger partial charge in [-0.3, -0.25) is 4.79 Å². The Balaban J connectivity index is 2.85. The van der Waals surface area contributed by atoms with Gasteiger partial charge in [0.05, 0.1) is 17.6 Å². The summed E-state index contributed by atoms with van der Waals surface area (Å²) < 4.78 is 5.36. The van der Waals surface area contributed by atoms with E-state index in [-0.39, 0.29) is 11.0 Å². The maximum atomic E-state index is 12.1. The number of ether oxygens (including phenoxy) is 1. The van der Waals surface area contributed by atoms with Crippen LogP contribution in [0, 0.1) is 3.57 Å². The molecule has 0 saturated carbocycles. The molecule has 0 saturated heterocycles. The summed E-state index contributed by atoms with van der Waals surface area (Å²) >= 11 is 8.06. The highest BCUT2D eigenvalue weighted by molar-refractivity contribution is 14.1. The van der Waals surface area contributed by atoms with Crippen LogP contribution in [0.15, 0.2) is 23.1 Å². The van der Waals surface area contributed by atoms with E-state index in [4.69, 9.17) is 11.6 Å². The fourth-order valence-corrected chi connectivity index (χ4v) is 2.60. The van der Waals surface area contributed by atoms with Gasteiger partial charge < -0.3 is 9.72 Å². The summed E-state index contributed by atoms with van der Waals surface area (Å²) in [6.45, 7) is 0. The lowest BCUT2D eigenvalue weighted by atomic mass is 10.1. The number of aromatic amines is 1. The van der Waals surface area contributed by atoms with Crippen molar-refractivity contribution in [3.05, 3.63) is 42.7 Å². The summed E-state index contributed by atoms with van der Waals surface area (Å²) in [4.78, 5) is 26.3. The third-order valence-corrected chi connectivity index (χ3v) is 3.23. The van der Waals surface area contributed by atoms with Crippen LogP contribution in [0.3, 0.4) is 0 Å². The number of methoxy groups -OCH3 is 1. The Kier molecular flexibility index (Phi) is 3.39. The quantitative estimate of drug-likeness (QED) is 0.626. The van der Waals surface area contributed by atoms with Crippen molar-refractivity contribution >= 4 is 51.1 Å². The molecule has 0 atom stereocenters. The van der Waals surface area contributed by atoms with Crippen molar-refractivity contribution in [3.63, 3.8) is 0 Å². The molecule has 1 heterocycles. The van der Waals surface area contributed by atoms with Crippen LogP contribution in [0.4, 0.5) is 0 Å². The monoisotopic (exact) mass is 363 g/mol. The molecule has 1 N–H and O–H groups in total. The zero-order chi connectivity index (χ0) is 12.6. The number of hydrogen-bond donors (Lipinski definition) is 1. The molecule has 88 valence electrons. The van der Waals surface area contributed by atoms with E-state index in [2.05, 4.69) is 32.3 Å². The predicted molar refractivity (Wildman–Crippen MR) is 73.6 cm³/mol. The second-order valence-electron chi connectivity index (χ2n) is 3.33. The zero-order valence-corrected chi connectivity index (χ0v) is 11.6. The molecule has 0 aliphatic rings. The highest BCUT2D eigenvalue weighted by atomic mass is 127. The number of rotatable bonds is 1. The molecule has 0 aliphatic carbocycles. The number of pyridine rings is 1. The van der Waals surface area contributed by atoms with Gasteiger partial charge in [0.25, 0.3) is 0 Å². The average Bonchev–Trinajstić information content (AvgIpc) is 2.29. The summed E-state index contributed by atoms with van der Waals surface area (Å²) in [5.41, 5.74) is 0.105. The van der Waals surface area contributed by atoms with Gasteiger partial charge in [0, 0.05) is 15.2 Å². The molecule has 0 bridgehead atoms. The Morgan fingerprint density at radius 1 is 1.47 bits per heavy atom. The summed E-state index contributed by atoms with van der Waals surface area (Å²) in [5, 5.41) is 0.824. The first-order chi connectivity index (χ1) is 8.04. The largest absolute Gasteiger partial charge is 0.465 e. The molecule has 1 aromatic carbocycles. The molecule has 2 rings (SSSR count). The van der Waals surface area contributed by atoms with E-state index in [1.165, 1.54) is 13.3 Å². The third kappa shape index (κ3) is 2.16. The van der Waals surface area contributed by atoms with Crippen LogP contribution in [0.5, 0.6) is 0 Å². The summed E-state index contributed by atoms with van der Waals surface area (Å²) in [6, 6.07) is 3.41. The Morgan fingerprint density at radius 2 is 2.18 bits per heavy atom. The van der Waals surface area contributed by atoms with E-state index in [1.807, 2.05) is 0 Å². The van der Waals surface area contributed by atoms with Gasteiger partial charge in [-0.05, 0) is 34.7 Å². The molecule has 4 nitrogen and oxygen atoms in total. The summed E-state index contributed by atoms with van der Waals surface area (Å²) in [5.74, 6) is -0.664. The SMILES string of the molecule is COC(=O)c1c[nH]c2c(Cl)cc(I)cc2c1=O.